The number of hydrogen-bond acceptors (Lipinski definition) is 4. The summed E-state index contributed by atoms with van der Waals surface area (Å²) in [5.74, 6) is 3.51. The zero-order chi connectivity index (χ0) is 24.2. The van der Waals surface area contributed by atoms with E-state index in [1.807, 2.05) is 35.2 Å². The Balaban J connectivity index is 1.25. The predicted octanol–water partition coefficient (Wildman–Crippen LogP) is 5.29. The van der Waals surface area contributed by atoms with Crippen molar-refractivity contribution in [1.29, 1.82) is 0 Å². The number of likely N-dealkylation sites (tertiary alicyclic amines) is 1. The van der Waals surface area contributed by atoms with Gasteiger partial charge in [-0.2, -0.15) is 0 Å². The minimum atomic E-state index is -0.484. The van der Waals surface area contributed by atoms with E-state index >= 15 is 0 Å². The largest absolute Gasteiger partial charge is 0.443 e. The Morgan fingerprint density at radius 2 is 1.77 bits per heavy atom. The number of amides is 2. The van der Waals surface area contributed by atoms with Gasteiger partial charge in [-0.05, 0) is 72.9 Å². The molecule has 35 heavy (non-hydrogen) atoms. The highest BCUT2D eigenvalue weighted by atomic mass is 16.6. The number of terminal acetylenes is 1. The maximum Gasteiger partial charge on any atom is 0.411 e. The van der Waals surface area contributed by atoms with Gasteiger partial charge in [-0.3, -0.25) is 10.1 Å². The van der Waals surface area contributed by atoms with Gasteiger partial charge in [-0.1, -0.05) is 30.5 Å². The third kappa shape index (κ3) is 5.36. The fraction of sp³-hybridized carbons (Fsp3) is 0.448. The molecule has 2 amide bonds. The number of piperidine rings is 1. The maximum absolute atomic E-state index is 13.4. The Bertz CT molecular complexity index is 1100. The molecule has 2 saturated heterocycles. The van der Waals surface area contributed by atoms with E-state index in [9.17, 15) is 9.59 Å². The van der Waals surface area contributed by atoms with Crippen molar-refractivity contribution in [3.05, 3.63) is 64.7 Å². The van der Waals surface area contributed by atoms with Crippen LogP contribution >= 0.6 is 0 Å². The number of rotatable bonds is 5. The van der Waals surface area contributed by atoms with Crippen LogP contribution in [-0.4, -0.2) is 49.3 Å². The molecule has 3 fully saturated rings. The van der Waals surface area contributed by atoms with E-state index < -0.39 is 6.09 Å². The molecule has 0 spiro atoms. The minimum absolute atomic E-state index is 0.00639. The zero-order valence-electron chi connectivity index (χ0n) is 20.0. The molecule has 0 radical (unpaired) electrons. The third-order valence-corrected chi connectivity index (χ3v) is 7.57. The van der Waals surface area contributed by atoms with Gasteiger partial charge >= 0.3 is 6.09 Å². The summed E-state index contributed by atoms with van der Waals surface area (Å²) >= 11 is 0. The molecule has 1 aliphatic carbocycles. The van der Waals surface area contributed by atoms with E-state index in [2.05, 4.69) is 23.4 Å². The molecular formula is C29H32N2O4. The Hall–Kier alpha value is -3.30. The lowest BCUT2D eigenvalue weighted by molar-refractivity contribution is 0.0712. The first-order valence-corrected chi connectivity index (χ1v) is 12.7. The van der Waals surface area contributed by atoms with Crippen LogP contribution in [0.3, 0.4) is 0 Å². The van der Waals surface area contributed by atoms with Crippen molar-refractivity contribution in [2.45, 2.75) is 56.5 Å². The Labute approximate surface area is 207 Å². The summed E-state index contributed by atoms with van der Waals surface area (Å²) in [4.78, 5) is 27.8. The first kappa shape index (κ1) is 23.4. The van der Waals surface area contributed by atoms with Crippen LogP contribution in [0.25, 0.3) is 0 Å². The Morgan fingerprint density at radius 1 is 1.00 bits per heavy atom. The first-order chi connectivity index (χ1) is 17.1. The molecule has 0 aromatic heterocycles. The van der Waals surface area contributed by atoms with Gasteiger partial charge in [0.05, 0.1) is 13.2 Å². The number of nitrogens with one attached hydrogen (secondary N) is 1. The highest BCUT2D eigenvalue weighted by molar-refractivity contribution is 5.97. The molecule has 6 nitrogen and oxygen atoms in total. The number of benzene rings is 2. The van der Waals surface area contributed by atoms with Gasteiger partial charge < -0.3 is 14.4 Å². The molecule has 2 aliphatic heterocycles. The predicted molar refractivity (Wildman–Crippen MR) is 135 cm³/mol. The smallest absolute Gasteiger partial charge is 0.411 e. The molecule has 0 unspecified atom stereocenters. The molecular weight excluding hydrogens is 440 g/mol. The van der Waals surface area contributed by atoms with Crippen LogP contribution in [0.1, 0.15) is 77.4 Å². The summed E-state index contributed by atoms with van der Waals surface area (Å²) in [6.45, 7) is 2.46. The molecule has 5 rings (SSSR count). The second-order valence-electron chi connectivity index (χ2n) is 9.78. The maximum atomic E-state index is 13.4. The van der Waals surface area contributed by atoms with E-state index in [0.29, 0.717) is 55.8 Å². The second-order valence-corrected chi connectivity index (χ2v) is 9.78. The number of anilines is 1. The first-order valence-electron chi connectivity index (χ1n) is 12.7. The van der Waals surface area contributed by atoms with Crippen molar-refractivity contribution in [3.8, 4) is 12.3 Å². The highest BCUT2D eigenvalue weighted by Gasteiger charge is 2.28. The van der Waals surface area contributed by atoms with E-state index in [1.165, 1.54) is 12.0 Å². The summed E-state index contributed by atoms with van der Waals surface area (Å²) in [6, 6.07) is 13.9. The molecule has 1 saturated carbocycles. The monoisotopic (exact) mass is 472 g/mol. The van der Waals surface area contributed by atoms with Gasteiger partial charge in [0.25, 0.3) is 5.91 Å². The average Bonchev–Trinajstić information content (AvgIpc) is 3.36. The van der Waals surface area contributed by atoms with Crippen molar-refractivity contribution in [3.63, 3.8) is 0 Å². The van der Waals surface area contributed by atoms with Crippen LogP contribution in [0.5, 0.6) is 0 Å². The molecule has 182 valence electrons. The van der Waals surface area contributed by atoms with E-state index in [4.69, 9.17) is 15.9 Å². The van der Waals surface area contributed by atoms with Crippen molar-refractivity contribution in [2.75, 3.05) is 31.6 Å². The summed E-state index contributed by atoms with van der Waals surface area (Å²) in [6.07, 6.45) is 10.7. The number of ether oxygens (including phenoxy) is 2. The molecule has 2 aromatic rings. The van der Waals surface area contributed by atoms with Crippen LogP contribution in [0, 0.1) is 12.3 Å². The number of hydrogen-bond donors (Lipinski definition) is 1. The topological polar surface area (TPSA) is 67.9 Å². The quantitative estimate of drug-likeness (QED) is 0.600. The summed E-state index contributed by atoms with van der Waals surface area (Å²) in [5, 5.41) is 2.92. The summed E-state index contributed by atoms with van der Waals surface area (Å²) in [5.41, 5.74) is 4.54. The lowest BCUT2D eigenvalue weighted by Crippen LogP contribution is -2.38. The van der Waals surface area contributed by atoms with Gasteiger partial charge in [0.1, 0.15) is 6.10 Å². The molecule has 1 N–H and O–H groups in total. The van der Waals surface area contributed by atoms with Crippen molar-refractivity contribution >= 4 is 17.7 Å². The minimum Gasteiger partial charge on any atom is -0.443 e. The fourth-order valence-corrected chi connectivity index (χ4v) is 5.22. The average molecular weight is 473 g/mol. The molecule has 6 heteroatoms. The fourth-order valence-electron chi connectivity index (χ4n) is 5.22. The van der Waals surface area contributed by atoms with Crippen molar-refractivity contribution < 1.29 is 19.1 Å². The van der Waals surface area contributed by atoms with E-state index in [-0.39, 0.29) is 12.0 Å². The Kier molecular flexibility index (Phi) is 7.06. The van der Waals surface area contributed by atoms with Crippen LogP contribution in [0.2, 0.25) is 0 Å². The number of carbonyl (C=O) groups excluding carboxylic acids is 2. The molecule has 2 aromatic carbocycles. The van der Waals surface area contributed by atoms with Crippen LogP contribution in [0.15, 0.2) is 42.5 Å². The van der Waals surface area contributed by atoms with E-state index in [1.54, 1.807) is 0 Å². The van der Waals surface area contributed by atoms with Crippen molar-refractivity contribution in [2.24, 2.45) is 0 Å². The second kappa shape index (κ2) is 10.5. The number of carbonyl (C=O) groups is 2. The van der Waals surface area contributed by atoms with Gasteiger partial charge in [0, 0.05) is 36.3 Å². The highest BCUT2D eigenvalue weighted by Crippen LogP contribution is 2.40. The zero-order valence-corrected chi connectivity index (χ0v) is 20.0. The summed E-state index contributed by atoms with van der Waals surface area (Å²) in [7, 11) is 0. The third-order valence-electron chi connectivity index (χ3n) is 7.57. The van der Waals surface area contributed by atoms with E-state index in [0.717, 1.165) is 36.8 Å². The Morgan fingerprint density at radius 3 is 2.40 bits per heavy atom. The lowest BCUT2D eigenvalue weighted by atomic mass is 9.79. The molecule has 3 aliphatic rings. The van der Waals surface area contributed by atoms with Crippen LogP contribution in [0.4, 0.5) is 10.5 Å². The van der Waals surface area contributed by atoms with Crippen LogP contribution in [-0.2, 0) is 9.47 Å². The van der Waals surface area contributed by atoms with Crippen LogP contribution < -0.4 is 5.32 Å². The van der Waals surface area contributed by atoms with Gasteiger partial charge in [-0.25, -0.2) is 4.79 Å². The van der Waals surface area contributed by atoms with Gasteiger partial charge in [-0.15, -0.1) is 6.42 Å². The van der Waals surface area contributed by atoms with Gasteiger partial charge in [0.2, 0.25) is 0 Å². The normalized spacial score (nSPS) is 20.7. The molecule has 2 heterocycles. The number of nitrogens with zero attached hydrogens (tertiary/aromatic N) is 1. The van der Waals surface area contributed by atoms with Crippen molar-refractivity contribution in [1.82, 2.24) is 4.90 Å². The molecule has 1 atom stereocenters. The SMILES string of the molecule is C#Cc1ccc(C2CCN(C(=O)c3ccc(C4CCC4)c(NC(=O)O[C@@H]4CCOC4)c3)CC2)cc1. The standard InChI is InChI=1S/C29H32N2O4/c1-2-20-6-8-21(9-7-20)22-12-15-31(16-13-22)28(32)24-10-11-26(23-4-3-5-23)27(18-24)30-29(33)35-25-14-17-34-19-25/h1,6-11,18,22-23,25H,3-5,12-17,19H2,(H,30,33)/t25-/m1/s1. The lowest BCUT2D eigenvalue weighted by Gasteiger charge is -2.33. The van der Waals surface area contributed by atoms with Gasteiger partial charge in [0.15, 0.2) is 0 Å². The molecule has 0 bridgehead atoms. The summed E-state index contributed by atoms with van der Waals surface area (Å²) < 4.78 is 10.8.